The molecular weight excluding hydrogens is 548 g/mol. The number of rotatable bonds is 9. The van der Waals surface area contributed by atoms with E-state index in [2.05, 4.69) is 49.4 Å². The number of hydrogen-bond acceptors (Lipinski definition) is 3. The van der Waals surface area contributed by atoms with E-state index in [0.717, 1.165) is 27.4 Å². The first-order chi connectivity index (χ1) is 15.9. The van der Waals surface area contributed by atoms with Crippen LogP contribution in [0.15, 0.2) is 87.4 Å². The molecule has 0 saturated heterocycles. The molecule has 0 fully saturated rings. The zero-order valence-corrected chi connectivity index (χ0v) is 21.3. The number of benzene rings is 3. The monoisotopic (exact) mass is 570 g/mol. The molecule has 3 rings (SSSR count). The van der Waals surface area contributed by atoms with E-state index in [1.165, 1.54) is 0 Å². The van der Waals surface area contributed by atoms with Gasteiger partial charge in [-0.05, 0) is 78.7 Å². The molecule has 170 valence electrons. The van der Waals surface area contributed by atoms with Crippen molar-refractivity contribution < 1.29 is 14.3 Å². The fraction of sp³-hybridized carbons (Fsp3) is 0.154. The SMILES string of the molecule is CCCCOc1ccc(C(=O)N/C(=C\c2ccc(Br)cc2)C(=O)Nc2ccc(Br)cc2)cc1. The van der Waals surface area contributed by atoms with Gasteiger partial charge < -0.3 is 15.4 Å². The van der Waals surface area contributed by atoms with Crippen LogP contribution in [-0.4, -0.2) is 18.4 Å². The number of nitrogens with one attached hydrogen (secondary N) is 2. The normalized spacial score (nSPS) is 11.1. The van der Waals surface area contributed by atoms with Crippen molar-refractivity contribution in [1.82, 2.24) is 5.32 Å². The quantitative estimate of drug-likeness (QED) is 0.219. The number of amides is 2. The van der Waals surface area contributed by atoms with Crippen molar-refractivity contribution in [2.75, 3.05) is 11.9 Å². The first-order valence-electron chi connectivity index (χ1n) is 10.5. The lowest BCUT2D eigenvalue weighted by Gasteiger charge is -2.12. The van der Waals surface area contributed by atoms with Crippen LogP contribution in [0.5, 0.6) is 5.75 Å². The Kier molecular flexibility index (Phi) is 9.27. The summed E-state index contributed by atoms with van der Waals surface area (Å²) in [5, 5.41) is 5.57. The number of unbranched alkanes of at least 4 members (excludes halogenated alkanes) is 1. The fourth-order valence-corrected chi connectivity index (χ4v) is 3.38. The minimum Gasteiger partial charge on any atom is -0.494 e. The molecule has 33 heavy (non-hydrogen) atoms. The van der Waals surface area contributed by atoms with E-state index in [-0.39, 0.29) is 11.6 Å². The predicted molar refractivity (Wildman–Crippen MR) is 139 cm³/mol. The third kappa shape index (κ3) is 7.87. The van der Waals surface area contributed by atoms with Crippen molar-refractivity contribution in [3.05, 3.63) is 98.6 Å². The van der Waals surface area contributed by atoms with E-state index in [9.17, 15) is 9.59 Å². The maximum atomic E-state index is 13.0. The van der Waals surface area contributed by atoms with Crippen LogP contribution in [0, 0.1) is 0 Å². The molecule has 2 amide bonds. The van der Waals surface area contributed by atoms with Gasteiger partial charge in [-0.15, -0.1) is 0 Å². The number of ether oxygens (including phenoxy) is 1. The van der Waals surface area contributed by atoms with Crippen LogP contribution >= 0.6 is 31.9 Å². The smallest absolute Gasteiger partial charge is 0.272 e. The Morgan fingerprint density at radius 1 is 0.879 bits per heavy atom. The lowest BCUT2D eigenvalue weighted by molar-refractivity contribution is -0.113. The first kappa shape index (κ1) is 24.7. The van der Waals surface area contributed by atoms with Gasteiger partial charge in [0.2, 0.25) is 0 Å². The number of halogens is 2. The molecule has 2 N–H and O–H groups in total. The summed E-state index contributed by atoms with van der Waals surface area (Å²) in [6.07, 6.45) is 3.66. The van der Waals surface area contributed by atoms with E-state index in [0.29, 0.717) is 23.6 Å². The molecule has 3 aromatic carbocycles. The zero-order valence-electron chi connectivity index (χ0n) is 18.1. The number of carbonyl (C=O) groups excluding carboxylic acids is 2. The Hall–Kier alpha value is -2.90. The number of anilines is 1. The van der Waals surface area contributed by atoms with Crippen LogP contribution in [0.1, 0.15) is 35.7 Å². The van der Waals surface area contributed by atoms with E-state index in [1.807, 2.05) is 36.4 Å². The third-order valence-electron chi connectivity index (χ3n) is 4.66. The summed E-state index contributed by atoms with van der Waals surface area (Å²) in [5.74, 6) is -0.101. The summed E-state index contributed by atoms with van der Waals surface area (Å²) < 4.78 is 7.48. The van der Waals surface area contributed by atoms with Crippen molar-refractivity contribution in [3.63, 3.8) is 0 Å². The Labute approximate surface area is 210 Å². The molecule has 7 heteroatoms. The first-order valence-corrected chi connectivity index (χ1v) is 12.1. The van der Waals surface area contributed by atoms with Gasteiger partial charge in [-0.2, -0.15) is 0 Å². The molecule has 5 nitrogen and oxygen atoms in total. The largest absolute Gasteiger partial charge is 0.494 e. The summed E-state index contributed by atoms with van der Waals surface area (Å²) in [7, 11) is 0. The van der Waals surface area contributed by atoms with Crippen LogP contribution in [0.3, 0.4) is 0 Å². The van der Waals surface area contributed by atoms with Crippen molar-refractivity contribution in [2.24, 2.45) is 0 Å². The molecule has 0 saturated carbocycles. The standard InChI is InChI=1S/C26H24Br2N2O3/c1-2-3-16-33-23-14-6-19(7-15-23)25(31)30-24(17-18-4-8-20(27)9-5-18)26(32)29-22-12-10-21(28)11-13-22/h4-15,17H,2-3,16H2,1H3,(H,29,32)(H,30,31)/b24-17-. The Balaban J connectivity index is 1.78. The van der Waals surface area contributed by atoms with Crippen LogP contribution < -0.4 is 15.4 Å². The van der Waals surface area contributed by atoms with Gasteiger partial charge in [0.15, 0.2) is 0 Å². The molecule has 0 bridgehead atoms. The Morgan fingerprint density at radius 2 is 1.48 bits per heavy atom. The highest BCUT2D eigenvalue weighted by molar-refractivity contribution is 9.10. The lowest BCUT2D eigenvalue weighted by Crippen LogP contribution is -2.30. The van der Waals surface area contributed by atoms with Crippen molar-refractivity contribution in [1.29, 1.82) is 0 Å². The Morgan fingerprint density at radius 3 is 2.09 bits per heavy atom. The maximum absolute atomic E-state index is 13.0. The molecule has 0 radical (unpaired) electrons. The van der Waals surface area contributed by atoms with Gasteiger partial charge in [0, 0.05) is 20.2 Å². The van der Waals surface area contributed by atoms with Gasteiger partial charge in [-0.3, -0.25) is 9.59 Å². The van der Waals surface area contributed by atoms with Crippen LogP contribution in [-0.2, 0) is 4.79 Å². The second kappa shape index (κ2) is 12.4. The van der Waals surface area contributed by atoms with Gasteiger partial charge in [0.25, 0.3) is 11.8 Å². The molecule has 0 atom stereocenters. The molecule has 0 aliphatic rings. The Bertz CT molecular complexity index is 1110. The number of hydrogen-bond donors (Lipinski definition) is 2. The highest BCUT2D eigenvalue weighted by Gasteiger charge is 2.15. The molecule has 0 unspecified atom stereocenters. The summed E-state index contributed by atoms with van der Waals surface area (Å²) in [6, 6.07) is 21.5. The summed E-state index contributed by atoms with van der Waals surface area (Å²) in [6.45, 7) is 2.74. The third-order valence-corrected chi connectivity index (χ3v) is 5.72. The fourth-order valence-electron chi connectivity index (χ4n) is 2.85. The van der Waals surface area contributed by atoms with Crippen molar-refractivity contribution in [3.8, 4) is 5.75 Å². The molecule has 0 aliphatic heterocycles. The second-order valence-corrected chi connectivity index (χ2v) is 9.08. The van der Waals surface area contributed by atoms with Gasteiger partial charge in [-0.1, -0.05) is 57.3 Å². The van der Waals surface area contributed by atoms with Gasteiger partial charge in [0.1, 0.15) is 11.4 Å². The lowest BCUT2D eigenvalue weighted by atomic mass is 10.1. The molecule has 0 heterocycles. The van der Waals surface area contributed by atoms with Gasteiger partial charge >= 0.3 is 0 Å². The molecule has 0 aliphatic carbocycles. The van der Waals surface area contributed by atoms with Crippen molar-refractivity contribution in [2.45, 2.75) is 19.8 Å². The van der Waals surface area contributed by atoms with E-state index >= 15 is 0 Å². The zero-order chi connectivity index (χ0) is 23.6. The van der Waals surface area contributed by atoms with Gasteiger partial charge in [0.05, 0.1) is 6.61 Å². The van der Waals surface area contributed by atoms with Crippen LogP contribution in [0.25, 0.3) is 6.08 Å². The maximum Gasteiger partial charge on any atom is 0.272 e. The predicted octanol–water partition coefficient (Wildman–Crippen LogP) is 6.80. The van der Waals surface area contributed by atoms with E-state index < -0.39 is 5.91 Å². The molecular formula is C26H24Br2N2O3. The number of carbonyl (C=O) groups is 2. The summed E-state index contributed by atoms with van der Waals surface area (Å²) in [4.78, 5) is 25.9. The highest BCUT2D eigenvalue weighted by atomic mass is 79.9. The van der Waals surface area contributed by atoms with Crippen molar-refractivity contribution >= 4 is 55.4 Å². The molecule has 0 aromatic heterocycles. The highest BCUT2D eigenvalue weighted by Crippen LogP contribution is 2.17. The molecule has 3 aromatic rings. The van der Waals surface area contributed by atoms with E-state index in [4.69, 9.17) is 4.74 Å². The molecule has 0 spiro atoms. The summed E-state index contributed by atoms with van der Waals surface area (Å²) in [5.41, 5.74) is 1.95. The summed E-state index contributed by atoms with van der Waals surface area (Å²) >= 11 is 6.78. The second-order valence-electron chi connectivity index (χ2n) is 7.25. The van der Waals surface area contributed by atoms with Crippen LogP contribution in [0.4, 0.5) is 5.69 Å². The average Bonchev–Trinajstić information content (AvgIpc) is 2.82. The van der Waals surface area contributed by atoms with E-state index in [1.54, 1.807) is 42.5 Å². The topological polar surface area (TPSA) is 67.4 Å². The minimum atomic E-state index is -0.423. The minimum absolute atomic E-state index is 0.133. The average molecular weight is 572 g/mol. The van der Waals surface area contributed by atoms with Crippen LogP contribution in [0.2, 0.25) is 0 Å². The van der Waals surface area contributed by atoms with Gasteiger partial charge in [-0.25, -0.2) is 0 Å².